The molecule has 0 spiro atoms. The predicted octanol–water partition coefficient (Wildman–Crippen LogP) is 8.83. The number of oxime groups is 1. The second-order valence-electron chi connectivity index (χ2n) is 13.5. The van der Waals surface area contributed by atoms with E-state index in [1.54, 1.807) is 30.0 Å². The first-order valence-corrected chi connectivity index (χ1v) is 19.1. The van der Waals surface area contributed by atoms with E-state index < -0.39 is 10.7 Å². The number of nitrogens with zero attached hydrogens (tertiary/aromatic N) is 2. The minimum atomic E-state index is -1.10. The Kier molecular flexibility index (Phi) is 12.7. The minimum Gasteiger partial charge on any atom is -0.460 e. The van der Waals surface area contributed by atoms with Crippen molar-refractivity contribution in [3.8, 4) is 17.2 Å². The molecule has 276 valence electrons. The topological polar surface area (TPSA) is 133 Å². The van der Waals surface area contributed by atoms with Crippen LogP contribution in [0.15, 0.2) is 107 Å². The number of hydrogen-bond acceptors (Lipinski definition) is 10. The Bertz CT molecular complexity index is 1750. The highest BCUT2D eigenvalue weighted by Crippen LogP contribution is 2.63. The molecule has 1 fully saturated rings. The number of allylic oxidation sites excluding steroid dienone is 1. The number of ether oxygens (including phenoxy) is 3. The van der Waals surface area contributed by atoms with Crippen LogP contribution in [0.2, 0.25) is 0 Å². The second-order valence-corrected chi connectivity index (χ2v) is 14.7. The maximum Gasteiger partial charge on any atom is 0.273 e. The molecule has 0 aromatic heterocycles. The van der Waals surface area contributed by atoms with Crippen molar-refractivity contribution >= 4 is 23.2 Å². The van der Waals surface area contributed by atoms with E-state index in [1.165, 1.54) is 12.1 Å². The third-order valence-electron chi connectivity index (χ3n) is 10.2. The SMILES string of the molecule is C=CCOC12Oc3ccc(Oc4cccc([N+](=O)[O-])c4)cc3C3C(CCCCO)C(CCCCO)C=C(C(=NOCC)CC1Sc1ccccc1)C32. The van der Waals surface area contributed by atoms with E-state index in [0.717, 1.165) is 47.4 Å². The van der Waals surface area contributed by atoms with Gasteiger partial charge in [0.1, 0.15) is 23.9 Å². The number of nitro benzene ring substituents is 1. The molecule has 2 N–H and O–H groups in total. The number of nitro groups is 1. The summed E-state index contributed by atoms with van der Waals surface area (Å²) in [7, 11) is 0. The maximum atomic E-state index is 11.5. The van der Waals surface area contributed by atoms with Gasteiger partial charge in [-0.05, 0) is 86.4 Å². The molecule has 0 amide bonds. The van der Waals surface area contributed by atoms with Crippen molar-refractivity contribution in [1.29, 1.82) is 0 Å². The molecule has 2 aliphatic carbocycles. The smallest absolute Gasteiger partial charge is 0.273 e. The number of aliphatic hydroxyl groups excluding tert-OH is 2. The molecule has 3 aromatic carbocycles. The van der Waals surface area contributed by atoms with Gasteiger partial charge in [0.15, 0.2) is 0 Å². The zero-order chi connectivity index (χ0) is 36.5. The van der Waals surface area contributed by atoms with Crippen LogP contribution in [0.3, 0.4) is 0 Å². The molecule has 1 heterocycles. The fourth-order valence-corrected chi connectivity index (χ4v) is 9.40. The molecule has 6 rings (SSSR count). The van der Waals surface area contributed by atoms with E-state index in [1.807, 2.05) is 43.3 Å². The van der Waals surface area contributed by atoms with Crippen LogP contribution < -0.4 is 9.47 Å². The molecular weight excluding hydrogens is 681 g/mol. The molecule has 11 heteroatoms. The molecule has 3 aliphatic rings. The molecule has 52 heavy (non-hydrogen) atoms. The van der Waals surface area contributed by atoms with E-state index in [9.17, 15) is 20.3 Å². The van der Waals surface area contributed by atoms with Crippen LogP contribution >= 0.6 is 11.8 Å². The van der Waals surface area contributed by atoms with Crippen molar-refractivity contribution in [3.63, 3.8) is 0 Å². The number of hydrogen-bond donors (Lipinski definition) is 2. The Hall–Kier alpha value is -4.16. The summed E-state index contributed by atoms with van der Waals surface area (Å²) in [6.45, 7) is 6.88. The van der Waals surface area contributed by atoms with Crippen LogP contribution in [0.25, 0.3) is 0 Å². The molecule has 0 saturated heterocycles. The van der Waals surface area contributed by atoms with Crippen molar-refractivity contribution in [1.82, 2.24) is 0 Å². The van der Waals surface area contributed by atoms with Gasteiger partial charge in [-0.25, -0.2) is 0 Å². The third kappa shape index (κ3) is 8.07. The van der Waals surface area contributed by atoms with Crippen LogP contribution in [0.5, 0.6) is 17.2 Å². The highest BCUT2D eigenvalue weighted by Gasteiger charge is 2.64. The fraction of sp³-hybridized carbons (Fsp3) is 0.439. The summed E-state index contributed by atoms with van der Waals surface area (Å²) in [5.74, 6) is 0.398. The Morgan fingerprint density at radius 3 is 2.52 bits per heavy atom. The van der Waals surface area contributed by atoms with Crippen molar-refractivity contribution in [2.24, 2.45) is 22.9 Å². The van der Waals surface area contributed by atoms with E-state index in [4.69, 9.17) is 24.2 Å². The Balaban J connectivity index is 1.54. The van der Waals surface area contributed by atoms with Crippen LogP contribution in [-0.2, 0) is 9.57 Å². The predicted molar refractivity (Wildman–Crippen MR) is 202 cm³/mol. The minimum absolute atomic E-state index is 0.0510. The number of fused-ring (bicyclic) bond motifs is 2. The number of rotatable bonds is 18. The van der Waals surface area contributed by atoms with Gasteiger partial charge in [-0.1, -0.05) is 54.4 Å². The van der Waals surface area contributed by atoms with Crippen molar-refractivity contribution in [2.75, 3.05) is 26.4 Å². The molecular formula is C41H48N2O8S. The van der Waals surface area contributed by atoms with Gasteiger partial charge < -0.3 is 29.3 Å². The van der Waals surface area contributed by atoms with Gasteiger partial charge in [-0.3, -0.25) is 10.1 Å². The molecule has 0 bridgehead atoms. The number of unbranched alkanes of at least 4 members (excludes halogenated alkanes) is 2. The summed E-state index contributed by atoms with van der Waals surface area (Å²) in [4.78, 5) is 18.0. The van der Waals surface area contributed by atoms with E-state index in [0.29, 0.717) is 43.1 Å². The number of benzene rings is 3. The number of non-ortho nitro benzene ring substituents is 1. The largest absolute Gasteiger partial charge is 0.460 e. The number of aliphatic hydroxyl groups is 2. The zero-order valence-electron chi connectivity index (χ0n) is 29.6. The summed E-state index contributed by atoms with van der Waals surface area (Å²) in [6, 6.07) is 22.2. The monoisotopic (exact) mass is 728 g/mol. The van der Waals surface area contributed by atoms with Crippen LogP contribution in [0.4, 0.5) is 5.69 Å². The molecule has 6 unspecified atom stereocenters. The molecule has 3 aromatic rings. The summed E-state index contributed by atoms with van der Waals surface area (Å²) in [6.07, 6.45) is 9.51. The molecule has 6 atom stereocenters. The lowest BCUT2D eigenvalue weighted by Crippen LogP contribution is -2.64. The lowest BCUT2D eigenvalue weighted by molar-refractivity contribution is -0.384. The Labute approximate surface area is 309 Å². The van der Waals surface area contributed by atoms with Crippen molar-refractivity contribution in [3.05, 3.63) is 113 Å². The van der Waals surface area contributed by atoms with Crippen molar-refractivity contribution in [2.45, 2.75) is 73.7 Å². The zero-order valence-corrected chi connectivity index (χ0v) is 30.4. The van der Waals surface area contributed by atoms with Gasteiger partial charge in [0.2, 0.25) is 5.79 Å². The first-order chi connectivity index (χ1) is 25.4. The lowest BCUT2D eigenvalue weighted by Gasteiger charge is -2.58. The number of thioether (sulfide) groups is 1. The molecule has 1 aliphatic heterocycles. The maximum absolute atomic E-state index is 11.5. The van der Waals surface area contributed by atoms with E-state index >= 15 is 0 Å². The van der Waals surface area contributed by atoms with Crippen molar-refractivity contribution < 1.29 is 34.2 Å². The first-order valence-electron chi connectivity index (χ1n) is 18.3. The Morgan fingerprint density at radius 2 is 1.79 bits per heavy atom. The van der Waals surface area contributed by atoms with Crippen LogP contribution in [0, 0.1) is 27.9 Å². The highest BCUT2D eigenvalue weighted by atomic mass is 32.2. The molecule has 1 saturated carbocycles. The summed E-state index contributed by atoms with van der Waals surface area (Å²) < 4.78 is 20.5. The van der Waals surface area contributed by atoms with Crippen LogP contribution in [-0.4, -0.2) is 58.3 Å². The Morgan fingerprint density at radius 1 is 1.02 bits per heavy atom. The summed E-state index contributed by atoms with van der Waals surface area (Å²) in [5, 5.41) is 35.6. The summed E-state index contributed by atoms with van der Waals surface area (Å²) in [5.41, 5.74) is 2.85. The van der Waals surface area contributed by atoms with E-state index in [2.05, 4.69) is 24.8 Å². The normalized spacial score (nSPS) is 25.3. The molecule has 0 radical (unpaired) electrons. The second kappa shape index (κ2) is 17.6. The van der Waals surface area contributed by atoms with E-state index in [-0.39, 0.29) is 54.4 Å². The van der Waals surface area contributed by atoms with Gasteiger partial charge in [0.05, 0.1) is 34.5 Å². The van der Waals surface area contributed by atoms with Gasteiger partial charge in [0.25, 0.3) is 5.69 Å². The van der Waals surface area contributed by atoms with Gasteiger partial charge in [-0.15, -0.1) is 18.3 Å². The van der Waals surface area contributed by atoms with Crippen LogP contribution in [0.1, 0.15) is 63.4 Å². The average Bonchev–Trinajstić information content (AvgIpc) is 3.16. The third-order valence-corrected chi connectivity index (χ3v) is 11.5. The standard InChI is InChI=1S/C41H48N2O8S/c1-3-23-48-41-38(52-32-16-6-5-7-17-32)27-36(42-49-4-2)34-24-28(13-8-10-21-44)33(18-9-11-22-45)39(40(34)41)35-26-31(19-20-37(35)51-41)50-30-15-12-14-29(25-30)43(46)47/h3,5-7,12,14-17,19-20,24-26,28,33,38-40,44-45H,1,4,8-11,13,18,21-23,27H2,2H3. The lowest BCUT2D eigenvalue weighted by atomic mass is 9.56. The van der Waals surface area contributed by atoms with Gasteiger partial charge >= 0.3 is 0 Å². The fourth-order valence-electron chi connectivity index (χ4n) is 8.09. The van der Waals surface area contributed by atoms with Gasteiger partial charge in [0, 0.05) is 42.1 Å². The summed E-state index contributed by atoms with van der Waals surface area (Å²) >= 11 is 1.71. The quantitative estimate of drug-likeness (QED) is 0.0571. The van der Waals surface area contributed by atoms with Gasteiger partial charge in [-0.2, -0.15) is 0 Å². The first kappa shape index (κ1) is 37.6. The average molecular weight is 729 g/mol. The molecule has 10 nitrogen and oxygen atoms in total. The highest BCUT2D eigenvalue weighted by molar-refractivity contribution is 8.00.